The number of hydrogen-bond acceptors (Lipinski definition) is 5. The fourth-order valence-corrected chi connectivity index (χ4v) is 3.86. The Morgan fingerprint density at radius 3 is 2.53 bits per heavy atom. The normalized spacial score (nSPS) is 13.2. The molecule has 8 heteroatoms. The van der Waals surface area contributed by atoms with Gasteiger partial charge in [0.05, 0.1) is 6.54 Å². The van der Waals surface area contributed by atoms with E-state index in [1.165, 1.54) is 23.4 Å². The van der Waals surface area contributed by atoms with Gasteiger partial charge in [-0.25, -0.2) is 18.4 Å². The van der Waals surface area contributed by atoms with E-state index in [2.05, 4.69) is 39.3 Å². The van der Waals surface area contributed by atoms with Crippen molar-refractivity contribution in [2.45, 2.75) is 18.7 Å². The maximum atomic E-state index is 14.5. The first-order valence-corrected chi connectivity index (χ1v) is 11.5. The van der Waals surface area contributed by atoms with Crippen LogP contribution in [0.3, 0.4) is 0 Å². The van der Waals surface area contributed by atoms with Gasteiger partial charge in [0.25, 0.3) is 0 Å². The number of aliphatic hydroxyl groups is 1. The van der Waals surface area contributed by atoms with Crippen LogP contribution in [0, 0.1) is 11.6 Å². The molecule has 0 amide bonds. The molecule has 0 bridgehead atoms. The second-order valence-corrected chi connectivity index (χ2v) is 8.69. The van der Waals surface area contributed by atoms with Crippen LogP contribution in [-0.2, 0) is 18.7 Å². The van der Waals surface area contributed by atoms with Gasteiger partial charge in [-0.15, -0.1) is 0 Å². The highest BCUT2D eigenvalue weighted by Crippen LogP contribution is 2.28. The minimum Gasteiger partial charge on any atom is -0.490 e. The van der Waals surface area contributed by atoms with E-state index < -0.39 is 17.2 Å². The average molecular weight is 491 g/mol. The monoisotopic (exact) mass is 490 g/mol. The van der Waals surface area contributed by atoms with Crippen LogP contribution < -0.4 is 4.74 Å². The third-order valence-electron chi connectivity index (χ3n) is 5.70. The molecule has 1 unspecified atom stereocenters. The molecule has 0 aliphatic rings. The van der Waals surface area contributed by atoms with Crippen LogP contribution in [0.25, 0.3) is 6.08 Å². The Labute approximate surface area is 209 Å². The summed E-state index contributed by atoms with van der Waals surface area (Å²) in [5, 5.41) is 15.3. The van der Waals surface area contributed by atoms with E-state index in [-0.39, 0.29) is 18.7 Å². The van der Waals surface area contributed by atoms with Crippen LogP contribution in [0.2, 0.25) is 0 Å². The van der Waals surface area contributed by atoms with Crippen LogP contribution in [-0.4, -0.2) is 45.0 Å². The molecular weight excluding hydrogens is 462 g/mol. The Morgan fingerprint density at radius 1 is 1.06 bits per heavy atom. The molecule has 1 atom stereocenters. The first-order valence-electron chi connectivity index (χ1n) is 11.5. The van der Waals surface area contributed by atoms with Gasteiger partial charge in [-0.1, -0.05) is 60.7 Å². The summed E-state index contributed by atoms with van der Waals surface area (Å²) in [5.41, 5.74) is 0.383. The summed E-state index contributed by atoms with van der Waals surface area (Å²) in [5.74, 6) is -1.07. The van der Waals surface area contributed by atoms with E-state index in [0.29, 0.717) is 5.75 Å². The largest absolute Gasteiger partial charge is 0.490 e. The molecule has 0 spiro atoms. The zero-order valence-corrected chi connectivity index (χ0v) is 20.0. The Morgan fingerprint density at radius 2 is 1.83 bits per heavy atom. The number of nitrogens with zero attached hydrogens (tertiary/aromatic N) is 4. The molecule has 1 heterocycles. The second kappa shape index (κ2) is 11.7. The van der Waals surface area contributed by atoms with Crippen LogP contribution in [0.5, 0.6) is 5.75 Å². The van der Waals surface area contributed by atoms with Crippen LogP contribution in [0.4, 0.5) is 8.78 Å². The Bertz CT molecular complexity index is 1260. The van der Waals surface area contributed by atoms with Crippen molar-refractivity contribution in [3.63, 3.8) is 0 Å². The molecule has 1 N–H and O–H groups in total. The SMILES string of the molecule is CN(C/C=C/c1ccccc1)Cc1ccc(OCC(O)(Cn2cncn2)c2ccc(F)cc2F)cc1. The van der Waals surface area contributed by atoms with E-state index >= 15 is 0 Å². The van der Waals surface area contributed by atoms with Crippen LogP contribution in [0.15, 0.2) is 91.5 Å². The maximum Gasteiger partial charge on any atom is 0.146 e. The Balaban J connectivity index is 1.37. The third-order valence-corrected chi connectivity index (χ3v) is 5.70. The molecule has 4 rings (SSSR count). The van der Waals surface area contributed by atoms with E-state index in [1.807, 2.05) is 37.4 Å². The summed E-state index contributed by atoms with van der Waals surface area (Å²) < 4.78 is 35.2. The van der Waals surface area contributed by atoms with Crippen molar-refractivity contribution >= 4 is 6.08 Å². The number of aromatic nitrogens is 3. The number of hydrogen-bond donors (Lipinski definition) is 1. The molecular formula is C28H28F2N4O2. The molecule has 0 aliphatic carbocycles. The van der Waals surface area contributed by atoms with E-state index in [4.69, 9.17) is 4.74 Å². The molecule has 186 valence electrons. The Hall–Kier alpha value is -3.88. The van der Waals surface area contributed by atoms with Crippen molar-refractivity contribution in [1.82, 2.24) is 19.7 Å². The number of ether oxygens (including phenoxy) is 1. The van der Waals surface area contributed by atoms with Crippen molar-refractivity contribution in [3.8, 4) is 5.75 Å². The number of rotatable bonds is 11. The summed E-state index contributed by atoms with van der Waals surface area (Å²) in [7, 11) is 2.04. The standard InChI is InChI=1S/C28H28F2N4O2/c1-33(15-5-8-22-6-3-2-4-7-22)17-23-9-12-25(13-10-23)36-19-28(35,18-34-21-31-20-32-34)26-14-11-24(29)16-27(26)30/h2-14,16,20-21,35H,15,17-19H2,1H3/b8-5+. The average Bonchev–Trinajstić information content (AvgIpc) is 3.37. The van der Waals surface area contributed by atoms with Crippen molar-refractivity contribution in [3.05, 3.63) is 120 Å². The van der Waals surface area contributed by atoms with Gasteiger partial charge in [0.1, 0.15) is 42.2 Å². The van der Waals surface area contributed by atoms with Gasteiger partial charge in [0.2, 0.25) is 0 Å². The zero-order chi connectivity index (χ0) is 25.4. The third kappa shape index (κ3) is 6.84. The minimum atomic E-state index is -1.80. The molecule has 0 saturated heterocycles. The van der Waals surface area contributed by atoms with Crippen LogP contribution >= 0.6 is 0 Å². The smallest absolute Gasteiger partial charge is 0.146 e. The molecule has 0 fully saturated rings. The summed E-state index contributed by atoms with van der Waals surface area (Å²) in [6.45, 7) is 1.16. The lowest BCUT2D eigenvalue weighted by molar-refractivity contribution is -0.0297. The molecule has 6 nitrogen and oxygen atoms in total. The molecule has 0 radical (unpaired) electrons. The summed E-state index contributed by atoms with van der Waals surface area (Å²) in [6.07, 6.45) is 6.94. The molecule has 1 aromatic heterocycles. The summed E-state index contributed by atoms with van der Waals surface area (Å²) in [4.78, 5) is 6.04. The zero-order valence-electron chi connectivity index (χ0n) is 20.0. The van der Waals surface area contributed by atoms with Crippen molar-refractivity contribution < 1.29 is 18.6 Å². The molecule has 0 aliphatic heterocycles. The number of benzene rings is 3. The fourth-order valence-electron chi connectivity index (χ4n) is 3.86. The van der Waals surface area contributed by atoms with E-state index in [0.717, 1.165) is 36.3 Å². The maximum absolute atomic E-state index is 14.5. The van der Waals surface area contributed by atoms with Gasteiger partial charge in [0.15, 0.2) is 0 Å². The van der Waals surface area contributed by atoms with E-state index in [1.54, 1.807) is 12.1 Å². The van der Waals surface area contributed by atoms with Gasteiger partial charge in [-0.05, 0) is 36.4 Å². The van der Waals surface area contributed by atoms with Crippen LogP contribution in [0.1, 0.15) is 16.7 Å². The number of halogens is 2. The lowest BCUT2D eigenvalue weighted by Crippen LogP contribution is -2.39. The molecule has 0 saturated carbocycles. The summed E-state index contributed by atoms with van der Waals surface area (Å²) in [6, 6.07) is 20.7. The minimum absolute atomic E-state index is 0.0822. The highest BCUT2D eigenvalue weighted by Gasteiger charge is 2.34. The quantitative estimate of drug-likeness (QED) is 0.331. The fraction of sp³-hybridized carbons (Fsp3) is 0.214. The van der Waals surface area contributed by atoms with Gasteiger partial charge in [0, 0.05) is 24.7 Å². The highest BCUT2D eigenvalue weighted by atomic mass is 19.1. The van der Waals surface area contributed by atoms with Gasteiger partial charge in [-0.2, -0.15) is 5.10 Å². The van der Waals surface area contributed by atoms with Crippen molar-refractivity contribution in [2.75, 3.05) is 20.2 Å². The number of likely N-dealkylation sites (N-methyl/N-ethyl adjacent to an activating group) is 1. The molecule has 4 aromatic rings. The first-order chi connectivity index (χ1) is 17.4. The Kier molecular flexibility index (Phi) is 8.20. The summed E-state index contributed by atoms with van der Waals surface area (Å²) >= 11 is 0. The van der Waals surface area contributed by atoms with Gasteiger partial charge in [-0.3, -0.25) is 4.90 Å². The first kappa shape index (κ1) is 25.2. The van der Waals surface area contributed by atoms with Crippen molar-refractivity contribution in [2.24, 2.45) is 0 Å². The van der Waals surface area contributed by atoms with E-state index in [9.17, 15) is 13.9 Å². The lowest BCUT2D eigenvalue weighted by Gasteiger charge is -2.29. The van der Waals surface area contributed by atoms with Crippen molar-refractivity contribution in [1.29, 1.82) is 0 Å². The van der Waals surface area contributed by atoms with Gasteiger partial charge >= 0.3 is 0 Å². The predicted molar refractivity (Wildman–Crippen MR) is 134 cm³/mol. The molecule has 3 aromatic carbocycles. The highest BCUT2D eigenvalue weighted by molar-refractivity contribution is 5.48. The molecule has 36 heavy (non-hydrogen) atoms. The van der Waals surface area contributed by atoms with Gasteiger partial charge < -0.3 is 9.84 Å². The predicted octanol–water partition coefficient (Wildman–Crippen LogP) is 4.67. The lowest BCUT2D eigenvalue weighted by atomic mass is 9.94. The second-order valence-electron chi connectivity index (χ2n) is 8.69. The topological polar surface area (TPSA) is 63.4 Å².